The molecule has 3 rings (SSSR count). The highest BCUT2D eigenvalue weighted by atomic mass is 32.1. The second kappa shape index (κ2) is 6.06. The molecular formula is C17H22N2OS. The second-order valence-corrected chi connectivity index (χ2v) is 6.89. The van der Waals surface area contributed by atoms with Crippen molar-refractivity contribution in [3.8, 4) is 0 Å². The normalized spacial score (nSPS) is 16.4. The Hall–Kier alpha value is -1.55. The van der Waals surface area contributed by atoms with Crippen LogP contribution in [0.1, 0.15) is 35.1 Å². The van der Waals surface area contributed by atoms with Crippen molar-refractivity contribution in [2.75, 3.05) is 13.1 Å². The highest BCUT2D eigenvalue weighted by molar-refractivity contribution is 7.10. The Morgan fingerprint density at radius 2 is 1.86 bits per heavy atom. The van der Waals surface area contributed by atoms with Gasteiger partial charge in [0, 0.05) is 35.4 Å². The molecule has 2 aromatic heterocycles. The molecule has 0 atom stereocenters. The topological polar surface area (TPSA) is 25.2 Å². The summed E-state index contributed by atoms with van der Waals surface area (Å²) in [6, 6.07) is 8.97. The lowest BCUT2D eigenvalue weighted by Gasteiger charge is -2.34. The fourth-order valence-electron chi connectivity index (χ4n) is 3.30. The minimum absolute atomic E-state index is 0.275. The van der Waals surface area contributed by atoms with E-state index in [0.717, 1.165) is 25.9 Å². The average molecular weight is 302 g/mol. The number of thiophene rings is 1. The van der Waals surface area contributed by atoms with Gasteiger partial charge in [-0.05, 0) is 50.3 Å². The van der Waals surface area contributed by atoms with Crippen LogP contribution in [0.4, 0.5) is 0 Å². The number of rotatable bonds is 3. The first-order chi connectivity index (χ1) is 10.1. The zero-order valence-electron chi connectivity index (χ0n) is 12.7. The highest BCUT2D eigenvalue weighted by Gasteiger charge is 2.25. The van der Waals surface area contributed by atoms with Crippen molar-refractivity contribution in [3.05, 3.63) is 45.9 Å². The third-order valence-electron chi connectivity index (χ3n) is 4.41. The number of aryl methyl sites for hydroxylation is 2. The number of carbonyl (C=O) groups excluding carboxylic acids is 1. The van der Waals surface area contributed by atoms with Crippen LogP contribution in [0.15, 0.2) is 29.6 Å². The molecule has 0 unspecified atom stereocenters. The van der Waals surface area contributed by atoms with Crippen LogP contribution in [0, 0.1) is 13.8 Å². The number of hydrogen-bond acceptors (Lipinski definition) is 2. The van der Waals surface area contributed by atoms with Crippen molar-refractivity contribution in [2.45, 2.75) is 39.2 Å². The van der Waals surface area contributed by atoms with Gasteiger partial charge >= 0.3 is 0 Å². The number of hydrogen-bond donors (Lipinski definition) is 0. The lowest BCUT2D eigenvalue weighted by molar-refractivity contribution is -0.131. The van der Waals surface area contributed by atoms with Crippen LogP contribution in [0.5, 0.6) is 0 Å². The molecule has 0 N–H and O–H groups in total. The van der Waals surface area contributed by atoms with Gasteiger partial charge in [0.1, 0.15) is 0 Å². The summed E-state index contributed by atoms with van der Waals surface area (Å²) in [6.45, 7) is 6.10. The van der Waals surface area contributed by atoms with Crippen molar-refractivity contribution in [2.24, 2.45) is 0 Å². The third-order valence-corrected chi connectivity index (χ3v) is 5.29. The van der Waals surface area contributed by atoms with Gasteiger partial charge in [0.05, 0.1) is 6.42 Å². The zero-order valence-corrected chi connectivity index (χ0v) is 13.5. The first-order valence-corrected chi connectivity index (χ1v) is 8.47. The van der Waals surface area contributed by atoms with Crippen LogP contribution in [0.25, 0.3) is 0 Å². The molecular weight excluding hydrogens is 280 g/mol. The molecule has 0 aromatic carbocycles. The summed E-state index contributed by atoms with van der Waals surface area (Å²) in [4.78, 5) is 15.5. The number of aromatic nitrogens is 1. The molecule has 0 aliphatic carbocycles. The van der Waals surface area contributed by atoms with Crippen LogP contribution in [0.2, 0.25) is 0 Å². The van der Waals surface area contributed by atoms with Crippen molar-refractivity contribution in [1.82, 2.24) is 9.47 Å². The summed E-state index contributed by atoms with van der Waals surface area (Å²) in [7, 11) is 0. The summed E-state index contributed by atoms with van der Waals surface area (Å²) in [5.41, 5.74) is 2.66. The van der Waals surface area contributed by atoms with Crippen molar-refractivity contribution in [3.63, 3.8) is 0 Å². The minimum Gasteiger partial charge on any atom is -0.346 e. The number of piperidine rings is 1. The maximum Gasteiger partial charge on any atom is 0.227 e. The Kier molecular flexibility index (Phi) is 4.15. The Morgan fingerprint density at radius 1 is 1.19 bits per heavy atom. The van der Waals surface area contributed by atoms with E-state index in [1.165, 1.54) is 16.3 Å². The summed E-state index contributed by atoms with van der Waals surface area (Å²) in [5, 5.41) is 2.03. The first kappa shape index (κ1) is 14.4. The molecule has 1 aliphatic rings. The van der Waals surface area contributed by atoms with Crippen molar-refractivity contribution >= 4 is 17.2 Å². The first-order valence-electron chi connectivity index (χ1n) is 7.60. The zero-order chi connectivity index (χ0) is 14.8. The van der Waals surface area contributed by atoms with Gasteiger partial charge in [-0.3, -0.25) is 4.79 Å². The molecule has 0 radical (unpaired) electrons. The summed E-state index contributed by atoms with van der Waals surface area (Å²) in [6.07, 6.45) is 2.68. The monoisotopic (exact) mass is 302 g/mol. The van der Waals surface area contributed by atoms with E-state index in [0.29, 0.717) is 12.5 Å². The molecule has 2 aromatic rings. The standard InChI is InChI=1S/C17H22N2OS/c1-13-5-6-14(2)19(13)15-7-9-18(10-8-15)17(20)12-16-4-3-11-21-16/h3-6,11,15H,7-10,12H2,1-2H3. The Balaban J connectivity index is 1.59. The fraction of sp³-hybridized carbons (Fsp3) is 0.471. The molecule has 1 amide bonds. The van der Waals surface area contributed by atoms with Crippen LogP contribution in [-0.4, -0.2) is 28.5 Å². The van der Waals surface area contributed by atoms with Gasteiger partial charge in [0.2, 0.25) is 5.91 Å². The Labute approximate surface area is 130 Å². The molecule has 1 fully saturated rings. The molecule has 3 nitrogen and oxygen atoms in total. The quantitative estimate of drug-likeness (QED) is 0.851. The van der Waals surface area contributed by atoms with Crippen LogP contribution in [0.3, 0.4) is 0 Å². The summed E-state index contributed by atoms with van der Waals surface area (Å²) >= 11 is 1.67. The van der Waals surface area contributed by atoms with Gasteiger partial charge in [-0.25, -0.2) is 0 Å². The van der Waals surface area contributed by atoms with Crippen molar-refractivity contribution < 1.29 is 4.79 Å². The van der Waals surface area contributed by atoms with Crippen LogP contribution in [-0.2, 0) is 11.2 Å². The van der Waals surface area contributed by atoms with E-state index < -0.39 is 0 Å². The minimum atomic E-state index is 0.275. The Bertz CT molecular complexity index is 587. The van der Waals surface area contributed by atoms with E-state index in [2.05, 4.69) is 30.5 Å². The maximum atomic E-state index is 12.3. The predicted molar refractivity (Wildman–Crippen MR) is 86.8 cm³/mol. The largest absolute Gasteiger partial charge is 0.346 e. The molecule has 3 heterocycles. The van der Waals surface area contributed by atoms with E-state index in [9.17, 15) is 4.79 Å². The van der Waals surface area contributed by atoms with Gasteiger partial charge < -0.3 is 9.47 Å². The average Bonchev–Trinajstić information content (AvgIpc) is 3.09. The summed E-state index contributed by atoms with van der Waals surface area (Å²) in [5.74, 6) is 0.275. The van der Waals surface area contributed by atoms with E-state index >= 15 is 0 Å². The SMILES string of the molecule is Cc1ccc(C)n1C1CCN(C(=O)Cc2cccs2)CC1. The molecule has 1 saturated heterocycles. The molecule has 0 saturated carbocycles. The predicted octanol–water partition coefficient (Wildman–Crippen LogP) is 3.57. The van der Waals surface area contributed by atoms with E-state index in [4.69, 9.17) is 0 Å². The molecule has 4 heteroatoms. The molecule has 112 valence electrons. The molecule has 21 heavy (non-hydrogen) atoms. The molecule has 0 spiro atoms. The van der Waals surface area contributed by atoms with Gasteiger partial charge in [0.25, 0.3) is 0 Å². The number of amides is 1. The van der Waals surface area contributed by atoms with Gasteiger partial charge in [-0.1, -0.05) is 6.07 Å². The molecule has 0 bridgehead atoms. The number of carbonyl (C=O) groups is 1. The Morgan fingerprint density at radius 3 is 2.43 bits per heavy atom. The number of nitrogens with zero attached hydrogens (tertiary/aromatic N) is 2. The maximum absolute atomic E-state index is 12.3. The summed E-state index contributed by atoms with van der Waals surface area (Å²) < 4.78 is 2.43. The second-order valence-electron chi connectivity index (χ2n) is 5.85. The lowest BCUT2D eigenvalue weighted by atomic mass is 10.0. The van der Waals surface area contributed by atoms with Crippen molar-refractivity contribution in [1.29, 1.82) is 0 Å². The van der Waals surface area contributed by atoms with Crippen LogP contribution >= 0.6 is 11.3 Å². The lowest BCUT2D eigenvalue weighted by Crippen LogP contribution is -2.40. The van der Waals surface area contributed by atoms with Crippen LogP contribution < -0.4 is 0 Å². The van der Waals surface area contributed by atoms with E-state index in [-0.39, 0.29) is 5.91 Å². The number of likely N-dealkylation sites (tertiary alicyclic amines) is 1. The molecule has 1 aliphatic heterocycles. The fourth-order valence-corrected chi connectivity index (χ4v) is 4.00. The smallest absolute Gasteiger partial charge is 0.227 e. The van der Waals surface area contributed by atoms with Gasteiger partial charge in [-0.2, -0.15) is 0 Å². The highest BCUT2D eigenvalue weighted by Crippen LogP contribution is 2.26. The van der Waals surface area contributed by atoms with Gasteiger partial charge in [-0.15, -0.1) is 11.3 Å². The third kappa shape index (κ3) is 3.05. The van der Waals surface area contributed by atoms with Gasteiger partial charge in [0.15, 0.2) is 0 Å². The van der Waals surface area contributed by atoms with E-state index in [1.807, 2.05) is 22.4 Å². The van der Waals surface area contributed by atoms with E-state index in [1.54, 1.807) is 11.3 Å².